The number of carbonyl (C=O) groups excluding carboxylic acids is 1. The summed E-state index contributed by atoms with van der Waals surface area (Å²) in [6.07, 6.45) is -3.13. The molecule has 0 aliphatic carbocycles. The summed E-state index contributed by atoms with van der Waals surface area (Å²) in [5, 5.41) is 12.7. The molecule has 1 atom stereocenters. The summed E-state index contributed by atoms with van der Waals surface area (Å²) < 4.78 is 58.3. The standard InChI is InChI=1S/C18H13F4N5O2/c19-17(7-9-24-15(17)28)16-27-26-14(29-16)13-12(2-1-8-23-13)25-11-5-3-10(4-6-11)18(20,21)22/h1-6,8,25H,7,9H2,(H,24,28)/t17-/m0/s1. The first-order valence-corrected chi connectivity index (χ1v) is 8.48. The molecular formula is C18H13F4N5O2. The molecule has 0 unspecified atom stereocenters. The highest BCUT2D eigenvalue weighted by atomic mass is 19.4. The van der Waals surface area contributed by atoms with Crippen LogP contribution in [0.2, 0.25) is 0 Å². The molecule has 1 aromatic carbocycles. The third-order valence-corrected chi connectivity index (χ3v) is 4.38. The fourth-order valence-corrected chi connectivity index (χ4v) is 2.86. The Hall–Kier alpha value is -3.50. The lowest BCUT2D eigenvalue weighted by Crippen LogP contribution is -2.31. The zero-order valence-electron chi connectivity index (χ0n) is 14.6. The van der Waals surface area contributed by atoms with E-state index in [4.69, 9.17) is 4.42 Å². The van der Waals surface area contributed by atoms with E-state index in [1.54, 1.807) is 12.1 Å². The number of hydrogen-bond acceptors (Lipinski definition) is 6. The quantitative estimate of drug-likeness (QED) is 0.643. The Morgan fingerprint density at radius 3 is 2.55 bits per heavy atom. The van der Waals surface area contributed by atoms with E-state index < -0.39 is 29.2 Å². The average molecular weight is 407 g/mol. The van der Waals surface area contributed by atoms with Gasteiger partial charge >= 0.3 is 6.18 Å². The highest BCUT2D eigenvalue weighted by molar-refractivity contribution is 5.87. The van der Waals surface area contributed by atoms with Gasteiger partial charge in [-0.25, -0.2) is 9.37 Å². The van der Waals surface area contributed by atoms with Crippen molar-refractivity contribution < 1.29 is 26.8 Å². The number of nitrogens with zero attached hydrogens (tertiary/aromatic N) is 3. The Morgan fingerprint density at radius 1 is 1.14 bits per heavy atom. The van der Waals surface area contributed by atoms with E-state index >= 15 is 0 Å². The van der Waals surface area contributed by atoms with Gasteiger partial charge in [0.2, 0.25) is 0 Å². The number of rotatable bonds is 4. The molecule has 2 N–H and O–H groups in total. The maximum Gasteiger partial charge on any atom is 0.416 e. The number of anilines is 2. The summed E-state index contributed by atoms with van der Waals surface area (Å²) in [4.78, 5) is 15.8. The van der Waals surface area contributed by atoms with E-state index in [2.05, 4.69) is 25.8 Å². The first kappa shape index (κ1) is 18.8. The van der Waals surface area contributed by atoms with Gasteiger partial charge in [-0.3, -0.25) is 4.79 Å². The average Bonchev–Trinajstić information content (AvgIpc) is 3.30. The Labute approximate surface area is 161 Å². The molecule has 1 aliphatic rings. The Bertz CT molecular complexity index is 1050. The van der Waals surface area contributed by atoms with Crippen LogP contribution in [0, 0.1) is 0 Å². The summed E-state index contributed by atoms with van der Waals surface area (Å²) >= 11 is 0. The second-order valence-electron chi connectivity index (χ2n) is 6.32. The van der Waals surface area contributed by atoms with Crippen molar-refractivity contribution in [3.8, 4) is 11.6 Å². The highest BCUT2D eigenvalue weighted by Gasteiger charge is 2.49. The highest BCUT2D eigenvalue weighted by Crippen LogP contribution is 2.35. The smallest absolute Gasteiger partial charge is 0.415 e. The first-order valence-electron chi connectivity index (χ1n) is 8.48. The van der Waals surface area contributed by atoms with Crippen molar-refractivity contribution in [1.82, 2.24) is 20.5 Å². The molecule has 1 aliphatic heterocycles. The van der Waals surface area contributed by atoms with Crippen molar-refractivity contribution >= 4 is 17.3 Å². The predicted molar refractivity (Wildman–Crippen MR) is 92.7 cm³/mol. The lowest BCUT2D eigenvalue weighted by molar-refractivity contribution is -0.137. The van der Waals surface area contributed by atoms with Crippen molar-refractivity contribution in [3.63, 3.8) is 0 Å². The summed E-state index contributed by atoms with van der Waals surface area (Å²) in [7, 11) is 0. The van der Waals surface area contributed by atoms with Crippen LogP contribution in [0.5, 0.6) is 0 Å². The van der Waals surface area contributed by atoms with Gasteiger partial charge in [-0.1, -0.05) is 0 Å². The fraction of sp³-hybridized carbons (Fsp3) is 0.222. The number of alkyl halides is 4. The van der Waals surface area contributed by atoms with Crippen LogP contribution in [-0.4, -0.2) is 27.6 Å². The zero-order valence-corrected chi connectivity index (χ0v) is 14.6. The molecule has 3 heterocycles. The van der Waals surface area contributed by atoms with Gasteiger partial charge in [0.1, 0.15) is 0 Å². The molecule has 2 aromatic heterocycles. The van der Waals surface area contributed by atoms with Crippen LogP contribution >= 0.6 is 0 Å². The van der Waals surface area contributed by atoms with Crippen LogP contribution in [-0.2, 0) is 16.6 Å². The number of amides is 1. The van der Waals surface area contributed by atoms with Crippen molar-refractivity contribution in [3.05, 3.63) is 54.0 Å². The number of hydrogen-bond donors (Lipinski definition) is 2. The zero-order chi connectivity index (χ0) is 20.6. The van der Waals surface area contributed by atoms with E-state index in [9.17, 15) is 22.4 Å². The molecule has 7 nitrogen and oxygen atoms in total. The largest absolute Gasteiger partial charge is 0.416 e. The molecule has 3 aromatic rings. The minimum Gasteiger partial charge on any atom is -0.415 e. The Morgan fingerprint density at radius 2 is 1.90 bits per heavy atom. The maximum absolute atomic E-state index is 14.8. The van der Waals surface area contributed by atoms with E-state index in [0.29, 0.717) is 11.4 Å². The minimum absolute atomic E-state index is 0.133. The van der Waals surface area contributed by atoms with Gasteiger partial charge in [0.25, 0.3) is 23.4 Å². The molecule has 1 amide bonds. The van der Waals surface area contributed by atoms with Gasteiger partial charge in [0.05, 0.1) is 11.3 Å². The summed E-state index contributed by atoms with van der Waals surface area (Å²) in [5.74, 6) is -1.46. The Kier molecular flexibility index (Phi) is 4.44. The third kappa shape index (κ3) is 3.50. The summed E-state index contributed by atoms with van der Waals surface area (Å²) in [6, 6.07) is 7.59. The monoisotopic (exact) mass is 407 g/mol. The number of carbonyl (C=O) groups is 1. The van der Waals surface area contributed by atoms with Crippen LogP contribution in [0.3, 0.4) is 0 Å². The van der Waals surface area contributed by atoms with Gasteiger partial charge in [-0.05, 0) is 36.4 Å². The van der Waals surface area contributed by atoms with Gasteiger partial charge < -0.3 is 15.1 Å². The maximum atomic E-state index is 14.8. The normalized spacial score (nSPS) is 19.2. The SMILES string of the molecule is O=C1NCC[C@@]1(F)c1nnc(-c2ncccc2Nc2ccc(C(F)(F)F)cc2)o1. The van der Waals surface area contributed by atoms with Crippen molar-refractivity contribution in [2.24, 2.45) is 0 Å². The molecule has 29 heavy (non-hydrogen) atoms. The summed E-state index contributed by atoms with van der Waals surface area (Å²) in [6.45, 7) is 0.150. The number of nitrogens with one attached hydrogen (secondary N) is 2. The van der Waals surface area contributed by atoms with Crippen LogP contribution in [0.4, 0.5) is 28.9 Å². The first-order chi connectivity index (χ1) is 13.8. The molecule has 0 saturated carbocycles. The van der Waals surface area contributed by atoms with E-state index in [-0.39, 0.29) is 24.6 Å². The van der Waals surface area contributed by atoms with Gasteiger partial charge in [0, 0.05) is 24.8 Å². The van der Waals surface area contributed by atoms with Gasteiger partial charge in [-0.2, -0.15) is 13.2 Å². The molecule has 150 valence electrons. The van der Waals surface area contributed by atoms with E-state index in [0.717, 1.165) is 12.1 Å². The van der Waals surface area contributed by atoms with E-state index in [1.807, 2.05) is 0 Å². The van der Waals surface area contributed by atoms with Crippen LogP contribution in [0.15, 0.2) is 47.0 Å². The second-order valence-corrected chi connectivity index (χ2v) is 6.32. The molecule has 1 saturated heterocycles. The van der Waals surface area contributed by atoms with Gasteiger partial charge in [0.15, 0.2) is 5.69 Å². The van der Waals surface area contributed by atoms with Gasteiger partial charge in [-0.15, -0.1) is 10.2 Å². The lowest BCUT2D eigenvalue weighted by atomic mass is 10.1. The minimum atomic E-state index is -4.44. The lowest BCUT2D eigenvalue weighted by Gasteiger charge is -2.11. The van der Waals surface area contributed by atoms with Crippen molar-refractivity contribution in [2.45, 2.75) is 18.3 Å². The predicted octanol–water partition coefficient (Wildman–Crippen LogP) is 3.58. The van der Waals surface area contributed by atoms with Crippen LogP contribution < -0.4 is 10.6 Å². The molecular weight excluding hydrogens is 394 g/mol. The number of halogens is 4. The molecule has 0 radical (unpaired) electrons. The number of benzene rings is 1. The van der Waals surface area contributed by atoms with Crippen LogP contribution in [0.1, 0.15) is 17.9 Å². The van der Waals surface area contributed by atoms with Crippen molar-refractivity contribution in [2.75, 3.05) is 11.9 Å². The third-order valence-electron chi connectivity index (χ3n) is 4.38. The molecule has 0 spiro atoms. The molecule has 1 fully saturated rings. The molecule has 0 bridgehead atoms. The topological polar surface area (TPSA) is 92.9 Å². The second kappa shape index (κ2) is 6.83. The summed E-state index contributed by atoms with van der Waals surface area (Å²) in [5.41, 5.74) is -2.30. The molecule has 4 rings (SSSR count). The Balaban J connectivity index is 1.62. The molecule has 11 heteroatoms. The van der Waals surface area contributed by atoms with Crippen LogP contribution in [0.25, 0.3) is 11.6 Å². The fourth-order valence-electron chi connectivity index (χ4n) is 2.86. The number of aromatic nitrogens is 3. The number of pyridine rings is 1. The van der Waals surface area contributed by atoms with E-state index in [1.165, 1.54) is 18.3 Å². The van der Waals surface area contributed by atoms with Crippen molar-refractivity contribution in [1.29, 1.82) is 0 Å².